The van der Waals surface area contributed by atoms with E-state index in [4.69, 9.17) is 9.47 Å². The number of alkyl halides is 3. The van der Waals surface area contributed by atoms with Gasteiger partial charge in [-0.1, -0.05) is 0 Å². The molecule has 0 radical (unpaired) electrons. The highest BCUT2D eigenvalue weighted by Gasteiger charge is 2.38. The molecule has 1 aromatic carbocycles. The normalized spacial score (nSPS) is 21.9. The lowest BCUT2D eigenvalue weighted by Crippen LogP contribution is -2.42. The van der Waals surface area contributed by atoms with Gasteiger partial charge in [0.1, 0.15) is 11.7 Å². The molecule has 1 N–H and O–H groups in total. The number of nitrogens with zero attached hydrogens (tertiary/aromatic N) is 5. The number of rotatable bonds is 8. The van der Waals surface area contributed by atoms with Crippen LogP contribution in [0, 0.1) is 0 Å². The molecule has 1 unspecified atom stereocenters. The maximum atomic E-state index is 13.5. The van der Waals surface area contributed by atoms with Gasteiger partial charge in [0.25, 0.3) is 0 Å². The van der Waals surface area contributed by atoms with Gasteiger partial charge in [0.15, 0.2) is 0 Å². The molecule has 3 aliphatic heterocycles. The third kappa shape index (κ3) is 7.04. The van der Waals surface area contributed by atoms with Crippen molar-refractivity contribution in [3.05, 3.63) is 36.0 Å². The standard InChI is InChI=1S/C27H37F3N6O4S/c1-34(2)20-9-12-35(13-10-20)21-3-5-23(6-4-21)41(37,38)36-14-7-19(8-15-36)32-26-31-17-24(27(28,29)30)25(33-26)40-22-11-16-39-18-22/h3-6,17,19-20,22H,7-16,18H2,1-2H3,(H,31,32,33). The molecule has 1 atom stereocenters. The Bertz CT molecular complexity index is 1270. The summed E-state index contributed by atoms with van der Waals surface area (Å²) in [5.74, 6) is -0.519. The quantitative estimate of drug-likeness (QED) is 0.490. The van der Waals surface area contributed by atoms with Crippen LogP contribution in [0.25, 0.3) is 0 Å². The number of nitrogens with one attached hydrogen (secondary N) is 1. The first-order valence-electron chi connectivity index (χ1n) is 14.0. The number of hydrogen-bond donors (Lipinski definition) is 1. The molecule has 226 valence electrons. The first kappa shape index (κ1) is 29.8. The summed E-state index contributed by atoms with van der Waals surface area (Å²) >= 11 is 0. The summed E-state index contributed by atoms with van der Waals surface area (Å²) in [4.78, 5) is 12.7. The van der Waals surface area contributed by atoms with Crippen molar-refractivity contribution in [1.82, 2.24) is 19.2 Å². The van der Waals surface area contributed by atoms with E-state index in [2.05, 4.69) is 39.2 Å². The zero-order chi connectivity index (χ0) is 29.2. The molecular weight excluding hydrogens is 561 g/mol. The summed E-state index contributed by atoms with van der Waals surface area (Å²) in [6.07, 6.45) is -0.923. The first-order valence-corrected chi connectivity index (χ1v) is 15.4. The molecule has 0 amide bonds. The van der Waals surface area contributed by atoms with Gasteiger partial charge in [-0.2, -0.15) is 22.5 Å². The van der Waals surface area contributed by atoms with Crippen LogP contribution in [-0.4, -0.2) is 99.3 Å². The van der Waals surface area contributed by atoms with Gasteiger partial charge in [-0.05, 0) is 64.0 Å². The summed E-state index contributed by atoms with van der Waals surface area (Å²) < 4.78 is 79.3. The van der Waals surface area contributed by atoms with Crippen LogP contribution >= 0.6 is 0 Å². The average Bonchev–Trinajstić information content (AvgIpc) is 3.46. The minimum atomic E-state index is -4.66. The lowest BCUT2D eigenvalue weighted by atomic mass is 10.0. The number of anilines is 2. The van der Waals surface area contributed by atoms with Gasteiger partial charge in [-0.15, -0.1) is 0 Å². The van der Waals surface area contributed by atoms with Gasteiger partial charge < -0.3 is 24.6 Å². The summed E-state index contributed by atoms with van der Waals surface area (Å²) in [5.41, 5.74) is -0.0238. The molecule has 14 heteroatoms. The maximum Gasteiger partial charge on any atom is 0.423 e. The van der Waals surface area contributed by atoms with Crippen molar-refractivity contribution in [3.63, 3.8) is 0 Å². The first-order chi connectivity index (χ1) is 19.5. The van der Waals surface area contributed by atoms with Crippen molar-refractivity contribution in [3.8, 4) is 5.88 Å². The predicted molar refractivity (Wildman–Crippen MR) is 148 cm³/mol. The number of halogens is 3. The Hall–Kier alpha value is -2.68. The predicted octanol–water partition coefficient (Wildman–Crippen LogP) is 3.46. The van der Waals surface area contributed by atoms with Crippen LogP contribution < -0.4 is 15.0 Å². The monoisotopic (exact) mass is 598 g/mol. The molecule has 4 heterocycles. The Kier molecular flexibility index (Phi) is 8.92. The van der Waals surface area contributed by atoms with E-state index in [1.54, 1.807) is 12.1 Å². The zero-order valence-electron chi connectivity index (χ0n) is 23.3. The number of piperidine rings is 2. The van der Waals surface area contributed by atoms with E-state index < -0.39 is 33.7 Å². The Balaban J connectivity index is 1.18. The molecule has 3 saturated heterocycles. The molecule has 1 aromatic heterocycles. The zero-order valence-corrected chi connectivity index (χ0v) is 24.1. The highest BCUT2D eigenvalue weighted by Crippen LogP contribution is 2.36. The Morgan fingerprint density at radius 2 is 1.71 bits per heavy atom. The second-order valence-electron chi connectivity index (χ2n) is 11.0. The third-order valence-electron chi connectivity index (χ3n) is 8.05. The number of aromatic nitrogens is 2. The fourth-order valence-corrected chi connectivity index (χ4v) is 6.99. The van der Waals surface area contributed by atoms with E-state index >= 15 is 0 Å². The van der Waals surface area contributed by atoms with Gasteiger partial charge in [-0.25, -0.2) is 13.4 Å². The number of ether oxygens (including phenoxy) is 2. The molecular formula is C27H37F3N6O4S. The van der Waals surface area contributed by atoms with Gasteiger partial charge >= 0.3 is 6.18 Å². The van der Waals surface area contributed by atoms with Crippen molar-refractivity contribution in [2.75, 3.05) is 63.7 Å². The van der Waals surface area contributed by atoms with Crippen molar-refractivity contribution in [1.29, 1.82) is 0 Å². The van der Waals surface area contributed by atoms with Crippen molar-refractivity contribution in [2.24, 2.45) is 0 Å². The molecule has 0 bridgehead atoms. The van der Waals surface area contributed by atoms with Crippen molar-refractivity contribution in [2.45, 2.75) is 61.4 Å². The van der Waals surface area contributed by atoms with Crippen LogP contribution in [0.2, 0.25) is 0 Å². The van der Waals surface area contributed by atoms with Crippen LogP contribution in [0.4, 0.5) is 24.8 Å². The minimum Gasteiger partial charge on any atom is -0.471 e. The van der Waals surface area contributed by atoms with Gasteiger partial charge in [0.2, 0.25) is 21.9 Å². The second-order valence-corrected chi connectivity index (χ2v) is 13.0. The fraction of sp³-hybridized carbons (Fsp3) is 0.630. The topological polar surface area (TPSA) is 100 Å². The third-order valence-corrected chi connectivity index (χ3v) is 9.96. The smallest absolute Gasteiger partial charge is 0.423 e. The van der Waals surface area contributed by atoms with Crippen molar-refractivity contribution < 1.29 is 31.1 Å². The van der Waals surface area contributed by atoms with Crippen molar-refractivity contribution >= 4 is 21.7 Å². The molecule has 3 fully saturated rings. The molecule has 10 nitrogen and oxygen atoms in total. The number of sulfonamides is 1. The summed E-state index contributed by atoms with van der Waals surface area (Å²) in [5, 5.41) is 3.06. The van der Waals surface area contributed by atoms with Crippen LogP contribution in [0.5, 0.6) is 5.88 Å². The summed E-state index contributed by atoms with van der Waals surface area (Å²) in [6, 6.07) is 7.44. The summed E-state index contributed by atoms with van der Waals surface area (Å²) in [6.45, 7) is 3.02. The molecule has 3 aliphatic rings. The molecule has 2 aromatic rings. The van der Waals surface area contributed by atoms with Gasteiger partial charge in [0, 0.05) is 56.6 Å². The highest BCUT2D eigenvalue weighted by atomic mass is 32.2. The van der Waals surface area contributed by atoms with Gasteiger partial charge in [0.05, 0.1) is 18.1 Å². The van der Waals surface area contributed by atoms with E-state index in [0.717, 1.165) is 31.6 Å². The Morgan fingerprint density at radius 3 is 2.29 bits per heavy atom. The Labute approximate surface area is 238 Å². The molecule has 0 saturated carbocycles. The van der Waals surface area contributed by atoms with Crippen LogP contribution in [0.1, 0.15) is 37.7 Å². The molecule has 0 spiro atoms. The fourth-order valence-electron chi connectivity index (χ4n) is 5.53. The van der Waals surface area contributed by atoms with E-state index in [9.17, 15) is 21.6 Å². The van der Waals surface area contributed by atoms with E-state index in [1.165, 1.54) is 4.31 Å². The Morgan fingerprint density at radius 1 is 1.02 bits per heavy atom. The van der Waals surface area contributed by atoms with Crippen LogP contribution in [-0.2, 0) is 20.9 Å². The largest absolute Gasteiger partial charge is 0.471 e. The molecule has 5 rings (SSSR count). The van der Waals surface area contributed by atoms with Gasteiger partial charge in [-0.3, -0.25) is 0 Å². The average molecular weight is 599 g/mol. The van der Waals surface area contributed by atoms with Crippen LogP contribution in [0.3, 0.4) is 0 Å². The van der Waals surface area contributed by atoms with E-state index in [1.807, 2.05) is 12.1 Å². The molecule has 41 heavy (non-hydrogen) atoms. The SMILES string of the molecule is CN(C)C1CCN(c2ccc(S(=O)(=O)N3CCC(Nc4ncc(C(F)(F)F)c(OC5CCOC5)n4)CC3)cc2)CC1. The highest BCUT2D eigenvalue weighted by molar-refractivity contribution is 7.89. The lowest BCUT2D eigenvalue weighted by Gasteiger charge is -2.36. The maximum absolute atomic E-state index is 13.5. The van der Waals surface area contributed by atoms with Crippen LogP contribution in [0.15, 0.2) is 35.4 Å². The minimum absolute atomic E-state index is 0.0124. The number of benzene rings is 1. The lowest BCUT2D eigenvalue weighted by molar-refractivity contribution is -0.139. The molecule has 0 aliphatic carbocycles. The van der Waals surface area contributed by atoms with E-state index in [-0.39, 0.29) is 36.6 Å². The summed E-state index contributed by atoms with van der Waals surface area (Å²) in [7, 11) is 0.519. The number of hydrogen-bond acceptors (Lipinski definition) is 9. The second kappa shape index (κ2) is 12.3. The van der Waals surface area contributed by atoms with E-state index in [0.29, 0.717) is 38.1 Å².